The third-order valence-corrected chi connectivity index (χ3v) is 3.49. The molecular weight excluding hydrogens is 246 g/mol. The van der Waals surface area contributed by atoms with Crippen molar-refractivity contribution >= 4 is 11.8 Å². The van der Waals surface area contributed by atoms with Crippen LogP contribution < -0.4 is 11.1 Å². The van der Waals surface area contributed by atoms with E-state index in [4.69, 9.17) is 10.5 Å². The highest BCUT2D eigenvalue weighted by atomic mass is 16.5. The van der Waals surface area contributed by atoms with Crippen molar-refractivity contribution in [2.24, 2.45) is 5.73 Å². The maximum absolute atomic E-state index is 11.9. The average molecular weight is 271 g/mol. The highest BCUT2D eigenvalue weighted by molar-refractivity contribution is 5.81. The van der Waals surface area contributed by atoms with Crippen LogP contribution in [0.4, 0.5) is 0 Å². The molecule has 2 amide bonds. The summed E-state index contributed by atoms with van der Waals surface area (Å²) < 4.78 is 4.93. The zero-order chi connectivity index (χ0) is 14.3. The lowest BCUT2D eigenvalue weighted by Crippen LogP contribution is -2.50. The van der Waals surface area contributed by atoms with E-state index in [1.165, 1.54) is 0 Å². The van der Waals surface area contributed by atoms with Gasteiger partial charge in [0, 0.05) is 39.8 Å². The lowest BCUT2D eigenvalue weighted by molar-refractivity contribution is -0.130. The van der Waals surface area contributed by atoms with Crippen molar-refractivity contribution in [3.63, 3.8) is 0 Å². The molecule has 0 aromatic rings. The van der Waals surface area contributed by atoms with Crippen molar-refractivity contribution < 1.29 is 14.3 Å². The average Bonchev–Trinajstić information content (AvgIpc) is 2.39. The van der Waals surface area contributed by atoms with Gasteiger partial charge in [0.25, 0.3) is 0 Å². The first-order valence-electron chi connectivity index (χ1n) is 6.85. The maximum Gasteiger partial charge on any atom is 0.237 e. The van der Waals surface area contributed by atoms with Crippen molar-refractivity contribution in [1.82, 2.24) is 10.2 Å². The Morgan fingerprint density at radius 1 is 1.42 bits per heavy atom. The molecule has 1 heterocycles. The molecule has 19 heavy (non-hydrogen) atoms. The van der Waals surface area contributed by atoms with E-state index in [1.54, 1.807) is 18.9 Å². The lowest BCUT2D eigenvalue weighted by atomic mass is 10.0. The van der Waals surface area contributed by atoms with Gasteiger partial charge >= 0.3 is 0 Å². The standard InChI is InChI=1S/C13H25N3O3/c1-10(17)16-7-5-11(6-8-16)15-13(18)12(14)4-3-9-19-2/h11-12H,3-9,14H2,1-2H3,(H,15,18). The minimum atomic E-state index is -0.471. The molecule has 6 heteroatoms. The highest BCUT2D eigenvalue weighted by Gasteiger charge is 2.23. The molecule has 0 spiro atoms. The summed E-state index contributed by atoms with van der Waals surface area (Å²) in [6.45, 7) is 3.61. The van der Waals surface area contributed by atoms with Crippen LogP contribution in [0.2, 0.25) is 0 Å². The van der Waals surface area contributed by atoms with E-state index < -0.39 is 6.04 Å². The van der Waals surface area contributed by atoms with Gasteiger partial charge in [-0.25, -0.2) is 0 Å². The fourth-order valence-corrected chi connectivity index (χ4v) is 2.23. The minimum absolute atomic E-state index is 0.0982. The van der Waals surface area contributed by atoms with Crippen LogP contribution in [0.15, 0.2) is 0 Å². The molecule has 1 saturated heterocycles. The van der Waals surface area contributed by atoms with Crippen molar-refractivity contribution in [2.45, 2.75) is 44.7 Å². The zero-order valence-corrected chi connectivity index (χ0v) is 11.9. The molecular formula is C13H25N3O3. The van der Waals surface area contributed by atoms with Gasteiger partial charge in [-0.15, -0.1) is 0 Å². The summed E-state index contributed by atoms with van der Waals surface area (Å²) >= 11 is 0. The van der Waals surface area contributed by atoms with Gasteiger partial charge in [0.2, 0.25) is 11.8 Å². The fourth-order valence-electron chi connectivity index (χ4n) is 2.23. The molecule has 0 aliphatic carbocycles. The number of rotatable bonds is 6. The van der Waals surface area contributed by atoms with Crippen LogP contribution in [-0.2, 0) is 14.3 Å². The second-order valence-electron chi connectivity index (χ2n) is 5.03. The second-order valence-corrected chi connectivity index (χ2v) is 5.03. The molecule has 1 rings (SSSR count). The largest absolute Gasteiger partial charge is 0.385 e. The summed E-state index contributed by atoms with van der Waals surface area (Å²) in [6.07, 6.45) is 3.02. The van der Waals surface area contributed by atoms with Gasteiger partial charge in [-0.3, -0.25) is 9.59 Å². The zero-order valence-electron chi connectivity index (χ0n) is 11.9. The van der Waals surface area contributed by atoms with Gasteiger partial charge in [0.05, 0.1) is 6.04 Å². The Hall–Kier alpha value is -1.14. The summed E-state index contributed by atoms with van der Waals surface area (Å²) in [7, 11) is 1.63. The number of hydrogen-bond donors (Lipinski definition) is 2. The summed E-state index contributed by atoms with van der Waals surface area (Å²) in [6, 6.07) is -0.336. The van der Waals surface area contributed by atoms with Crippen molar-refractivity contribution in [2.75, 3.05) is 26.8 Å². The molecule has 6 nitrogen and oxygen atoms in total. The first-order valence-corrected chi connectivity index (χ1v) is 6.85. The summed E-state index contributed by atoms with van der Waals surface area (Å²) in [5, 5.41) is 2.96. The number of nitrogens with zero attached hydrogens (tertiary/aromatic N) is 1. The molecule has 1 unspecified atom stereocenters. The predicted octanol–water partition coefficient (Wildman–Crippen LogP) is -0.133. The smallest absolute Gasteiger partial charge is 0.237 e. The van der Waals surface area contributed by atoms with Crippen LogP contribution in [-0.4, -0.2) is 55.6 Å². The van der Waals surface area contributed by atoms with Gasteiger partial charge < -0.3 is 20.7 Å². The minimum Gasteiger partial charge on any atom is -0.385 e. The molecule has 0 aromatic heterocycles. The van der Waals surface area contributed by atoms with Crippen molar-refractivity contribution in [1.29, 1.82) is 0 Å². The Labute approximate surface area is 114 Å². The van der Waals surface area contributed by atoms with E-state index in [2.05, 4.69) is 5.32 Å². The molecule has 0 aromatic carbocycles. The van der Waals surface area contributed by atoms with E-state index in [9.17, 15) is 9.59 Å². The molecule has 0 bridgehead atoms. The summed E-state index contributed by atoms with van der Waals surface area (Å²) in [5.74, 6) is -0.00146. The Morgan fingerprint density at radius 3 is 2.58 bits per heavy atom. The molecule has 1 atom stereocenters. The number of likely N-dealkylation sites (tertiary alicyclic amines) is 1. The Morgan fingerprint density at radius 2 is 2.05 bits per heavy atom. The van der Waals surface area contributed by atoms with Crippen LogP contribution in [0.25, 0.3) is 0 Å². The number of carbonyl (C=O) groups is 2. The Bertz CT molecular complexity index is 302. The molecule has 1 aliphatic heterocycles. The first-order chi connectivity index (χ1) is 9.04. The number of carbonyl (C=O) groups excluding carboxylic acids is 2. The number of hydrogen-bond acceptors (Lipinski definition) is 4. The quantitative estimate of drug-likeness (QED) is 0.659. The van der Waals surface area contributed by atoms with E-state index in [0.29, 0.717) is 26.1 Å². The predicted molar refractivity (Wildman–Crippen MR) is 72.5 cm³/mol. The summed E-state index contributed by atoms with van der Waals surface area (Å²) in [5.41, 5.74) is 5.82. The van der Waals surface area contributed by atoms with Crippen molar-refractivity contribution in [3.8, 4) is 0 Å². The molecule has 1 aliphatic rings. The lowest BCUT2D eigenvalue weighted by Gasteiger charge is -2.32. The van der Waals surface area contributed by atoms with Gasteiger partial charge in [-0.05, 0) is 25.7 Å². The normalized spacial score (nSPS) is 18.2. The molecule has 0 radical (unpaired) electrons. The van der Waals surface area contributed by atoms with E-state index in [0.717, 1.165) is 19.3 Å². The third-order valence-electron chi connectivity index (χ3n) is 3.49. The van der Waals surface area contributed by atoms with Crippen LogP contribution in [0.3, 0.4) is 0 Å². The van der Waals surface area contributed by atoms with Crippen LogP contribution in [0.1, 0.15) is 32.6 Å². The number of piperidine rings is 1. The first kappa shape index (κ1) is 15.9. The summed E-state index contributed by atoms with van der Waals surface area (Å²) in [4.78, 5) is 24.9. The van der Waals surface area contributed by atoms with Gasteiger partial charge in [0.15, 0.2) is 0 Å². The van der Waals surface area contributed by atoms with Gasteiger partial charge in [0.1, 0.15) is 0 Å². The van der Waals surface area contributed by atoms with Gasteiger partial charge in [-0.1, -0.05) is 0 Å². The molecule has 1 fully saturated rings. The van der Waals surface area contributed by atoms with E-state index in [1.807, 2.05) is 0 Å². The molecule has 110 valence electrons. The SMILES string of the molecule is COCCCC(N)C(=O)NC1CCN(C(C)=O)CC1. The van der Waals surface area contributed by atoms with Crippen molar-refractivity contribution in [3.05, 3.63) is 0 Å². The Kier molecular flexibility index (Phi) is 6.80. The Balaban J connectivity index is 2.24. The van der Waals surface area contributed by atoms with E-state index >= 15 is 0 Å². The molecule has 3 N–H and O–H groups in total. The number of nitrogens with two attached hydrogens (primary N) is 1. The maximum atomic E-state index is 11.9. The highest BCUT2D eigenvalue weighted by Crippen LogP contribution is 2.10. The number of nitrogens with one attached hydrogen (secondary N) is 1. The van der Waals surface area contributed by atoms with Crippen LogP contribution in [0.5, 0.6) is 0 Å². The van der Waals surface area contributed by atoms with E-state index in [-0.39, 0.29) is 17.9 Å². The number of ether oxygens (including phenoxy) is 1. The number of methoxy groups -OCH3 is 1. The van der Waals surface area contributed by atoms with Gasteiger partial charge in [-0.2, -0.15) is 0 Å². The molecule has 0 saturated carbocycles. The topological polar surface area (TPSA) is 84.7 Å². The third kappa shape index (κ3) is 5.57. The monoisotopic (exact) mass is 271 g/mol. The van der Waals surface area contributed by atoms with Crippen LogP contribution in [0, 0.1) is 0 Å². The fraction of sp³-hybridized carbons (Fsp3) is 0.846. The number of amides is 2. The van der Waals surface area contributed by atoms with Crippen LogP contribution >= 0.6 is 0 Å². The second kappa shape index (κ2) is 8.12.